The van der Waals surface area contributed by atoms with Gasteiger partial charge in [-0.15, -0.1) is 0 Å². The first-order valence-electron chi connectivity index (χ1n) is 5.72. The van der Waals surface area contributed by atoms with Crippen molar-refractivity contribution in [3.8, 4) is 0 Å². The summed E-state index contributed by atoms with van der Waals surface area (Å²) in [6.45, 7) is -1.16. The SMILES string of the molecule is OCC[C@@H](CO)O[C@@H]1O[C@H](CO)[C@@H](O)[C@H](O)[C@H]1O. The van der Waals surface area contributed by atoms with Crippen LogP contribution in [0.4, 0.5) is 0 Å². The van der Waals surface area contributed by atoms with Gasteiger partial charge >= 0.3 is 0 Å². The molecule has 0 aromatic heterocycles. The van der Waals surface area contributed by atoms with Gasteiger partial charge in [-0.3, -0.25) is 0 Å². The van der Waals surface area contributed by atoms with Gasteiger partial charge in [0.1, 0.15) is 24.4 Å². The van der Waals surface area contributed by atoms with Crippen molar-refractivity contribution in [2.75, 3.05) is 19.8 Å². The molecule has 6 atom stereocenters. The Labute approximate surface area is 104 Å². The molecule has 1 saturated heterocycles. The van der Waals surface area contributed by atoms with Gasteiger partial charge in [-0.1, -0.05) is 0 Å². The molecule has 18 heavy (non-hydrogen) atoms. The summed E-state index contributed by atoms with van der Waals surface area (Å²) in [5, 5.41) is 55.3. The van der Waals surface area contributed by atoms with Crippen molar-refractivity contribution in [3.63, 3.8) is 0 Å². The fourth-order valence-electron chi connectivity index (χ4n) is 1.72. The van der Waals surface area contributed by atoms with Gasteiger partial charge in [0.2, 0.25) is 0 Å². The third kappa shape index (κ3) is 3.59. The second-order valence-electron chi connectivity index (χ2n) is 4.15. The Hall–Kier alpha value is -0.320. The van der Waals surface area contributed by atoms with Crippen LogP contribution in [0, 0.1) is 0 Å². The Morgan fingerprint density at radius 2 is 1.67 bits per heavy atom. The lowest BCUT2D eigenvalue weighted by Crippen LogP contribution is -2.59. The van der Waals surface area contributed by atoms with Crippen LogP contribution < -0.4 is 0 Å². The van der Waals surface area contributed by atoms with Crippen molar-refractivity contribution >= 4 is 0 Å². The zero-order valence-corrected chi connectivity index (χ0v) is 9.79. The van der Waals surface area contributed by atoms with E-state index in [1.165, 1.54) is 0 Å². The smallest absolute Gasteiger partial charge is 0.187 e. The lowest BCUT2D eigenvalue weighted by atomic mass is 9.99. The van der Waals surface area contributed by atoms with Gasteiger partial charge in [0.25, 0.3) is 0 Å². The molecule has 1 heterocycles. The molecule has 8 heteroatoms. The Bertz CT molecular complexity index is 236. The highest BCUT2D eigenvalue weighted by Crippen LogP contribution is 2.23. The maximum Gasteiger partial charge on any atom is 0.187 e. The summed E-state index contributed by atoms with van der Waals surface area (Å²) >= 11 is 0. The molecule has 1 aliphatic heterocycles. The predicted octanol–water partition coefficient (Wildman–Crippen LogP) is -3.45. The van der Waals surface area contributed by atoms with Crippen molar-refractivity contribution in [1.29, 1.82) is 0 Å². The van der Waals surface area contributed by atoms with Crippen LogP contribution in [0.25, 0.3) is 0 Å². The normalized spacial score (nSPS) is 38.7. The van der Waals surface area contributed by atoms with Crippen LogP contribution in [0.1, 0.15) is 6.42 Å². The fourth-order valence-corrected chi connectivity index (χ4v) is 1.72. The van der Waals surface area contributed by atoms with E-state index in [9.17, 15) is 15.3 Å². The molecule has 0 aliphatic carbocycles. The average molecular weight is 268 g/mol. The van der Waals surface area contributed by atoms with Crippen LogP contribution in [-0.4, -0.2) is 87.3 Å². The van der Waals surface area contributed by atoms with E-state index in [4.69, 9.17) is 24.8 Å². The maximum atomic E-state index is 9.65. The number of aliphatic hydroxyl groups is 6. The molecular formula is C10H20O8. The Balaban J connectivity index is 2.63. The third-order valence-electron chi connectivity index (χ3n) is 2.83. The summed E-state index contributed by atoms with van der Waals surface area (Å²) in [6.07, 6.45) is -7.45. The molecule has 0 saturated carbocycles. The molecule has 0 radical (unpaired) electrons. The highest BCUT2D eigenvalue weighted by Gasteiger charge is 2.44. The minimum absolute atomic E-state index is 0.130. The topological polar surface area (TPSA) is 140 Å². The molecule has 0 bridgehead atoms. The van der Waals surface area contributed by atoms with Crippen molar-refractivity contribution in [3.05, 3.63) is 0 Å². The Morgan fingerprint density at radius 3 is 2.17 bits per heavy atom. The summed E-state index contributed by atoms with van der Waals surface area (Å²) in [6, 6.07) is 0. The summed E-state index contributed by atoms with van der Waals surface area (Å²) < 4.78 is 10.3. The first-order valence-corrected chi connectivity index (χ1v) is 5.72. The molecule has 108 valence electrons. The minimum atomic E-state index is -1.52. The molecule has 1 aliphatic rings. The van der Waals surface area contributed by atoms with Gasteiger partial charge in [-0.2, -0.15) is 0 Å². The monoisotopic (exact) mass is 268 g/mol. The quantitative estimate of drug-likeness (QED) is 0.292. The highest BCUT2D eigenvalue weighted by atomic mass is 16.7. The summed E-state index contributed by atoms with van der Waals surface area (Å²) in [7, 11) is 0. The van der Waals surface area contributed by atoms with Gasteiger partial charge in [0.05, 0.1) is 19.3 Å². The number of hydrogen-bond acceptors (Lipinski definition) is 8. The van der Waals surface area contributed by atoms with Crippen LogP contribution in [0.3, 0.4) is 0 Å². The average Bonchev–Trinajstić information content (AvgIpc) is 2.38. The molecule has 1 fully saturated rings. The Kier molecular flexibility index (Phi) is 6.39. The highest BCUT2D eigenvalue weighted by molar-refractivity contribution is 4.89. The predicted molar refractivity (Wildman–Crippen MR) is 57.4 cm³/mol. The number of hydrogen-bond donors (Lipinski definition) is 6. The van der Waals surface area contributed by atoms with E-state index in [2.05, 4.69) is 0 Å². The zero-order valence-electron chi connectivity index (χ0n) is 9.79. The van der Waals surface area contributed by atoms with Crippen LogP contribution in [0.2, 0.25) is 0 Å². The molecule has 0 unspecified atom stereocenters. The zero-order chi connectivity index (χ0) is 13.7. The third-order valence-corrected chi connectivity index (χ3v) is 2.83. The largest absolute Gasteiger partial charge is 0.396 e. The lowest BCUT2D eigenvalue weighted by molar-refractivity contribution is -0.313. The molecule has 0 aromatic rings. The molecule has 6 N–H and O–H groups in total. The number of ether oxygens (including phenoxy) is 2. The van der Waals surface area contributed by atoms with Gasteiger partial charge in [0.15, 0.2) is 6.29 Å². The first-order chi connectivity index (χ1) is 8.54. The standard InChI is InChI=1S/C10H20O8/c11-2-1-5(3-12)17-10-9(16)8(15)7(14)6(4-13)18-10/h5-16H,1-4H2/t5-,6+,7+,8-,9+,10+/m0/s1. The fraction of sp³-hybridized carbons (Fsp3) is 1.00. The van der Waals surface area contributed by atoms with Crippen molar-refractivity contribution < 1.29 is 40.1 Å². The van der Waals surface area contributed by atoms with Gasteiger partial charge in [-0.05, 0) is 6.42 Å². The Morgan fingerprint density at radius 1 is 1.00 bits per heavy atom. The minimum Gasteiger partial charge on any atom is -0.396 e. The van der Waals surface area contributed by atoms with Crippen molar-refractivity contribution in [2.24, 2.45) is 0 Å². The van der Waals surface area contributed by atoms with Crippen LogP contribution in [-0.2, 0) is 9.47 Å². The van der Waals surface area contributed by atoms with E-state index in [0.29, 0.717) is 0 Å². The van der Waals surface area contributed by atoms with Gasteiger partial charge in [0, 0.05) is 6.61 Å². The van der Waals surface area contributed by atoms with Crippen molar-refractivity contribution in [1.82, 2.24) is 0 Å². The number of aliphatic hydroxyl groups excluding tert-OH is 6. The summed E-state index contributed by atoms with van der Waals surface area (Å²) in [5.41, 5.74) is 0. The summed E-state index contributed by atoms with van der Waals surface area (Å²) in [5.74, 6) is 0. The van der Waals surface area contributed by atoms with E-state index in [1.807, 2.05) is 0 Å². The van der Waals surface area contributed by atoms with E-state index < -0.39 is 50.0 Å². The van der Waals surface area contributed by atoms with Crippen LogP contribution in [0.15, 0.2) is 0 Å². The maximum absolute atomic E-state index is 9.65. The molecular weight excluding hydrogens is 248 g/mol. The molecule has 8 nitrogen and oxygen atoms in total. The van der Waals surface area contributed by atoms with Gasteiger partial charge < -0.3 is 40.1 Å². The molecule has 0 spiro atoms. The molecule has 1 rings (SSSR count). The van der Waals surface area contributed by atoms with Crippen molar-refractivity contribution in [2.45, 2.75) is 43.2 Å². The van der Waals surface area contributed by atoms with E-state index >= 15 is 0 Å². The van der Waals surface area contributed by atoms with E-state index in [1.54, 1.807) is 0 Å². The lowest BCUT2D eigenvalue weighted by Gasteiger charge is -2.40. The van der Waals surface area contributed by atoms with Gasteiger partial charge in [-0.25, -0.2) is 0 Å². The van der Waals surface area contributed by atoms with E-state index in [-0.39, 0.29) is 13.0 Å². The second kappa shape index (κ2) is 7.31. The molecule has 0 aromatic carbocycles. The molecule has 0 amide bonds. The number of rotatable bonds is 6. The summed E-state index contributed by atoms with van der Waals surface area (Å²) in [4.78, 5) is 0. The van der Waals surface area contributed by atoms with Crippen LogP contribution >= 0.6 is 0 Å². The van der Waals surface area contributed by atoms with E-state index in [0.717, 1.165) is 0 Å². The second-order valence-corrected chi connectivity index (χ2v) is 4.15. The first kappa shape index (κ1) is 15.7. The van der Waals surface area contributed by atoms with Crippen LogP contribution in [0.5, 0.6) is 0 Å².